The lowest BCUT2D eigenvalue weighted by molar-refractivity contribution is 0.757. The Bertz CT molecular complexity index is 308. The topological polar surface area (TPSA) is 22.2 Å². The van der Waals surface area contributed by atoms with Crippen LogP contribution in [0.5, 0.6) is 0 Å². The fourth-order valence-electron chi connectivity index (χ4n) is 0.933. The summed E-state index contributed by atoms with van der Waals surface area (Å²) in [5.74, 6) is 0. The lowest BCUT2D eigenvalue weighted by Gasteiger charge is -1.89. The molecule has 0 aliphatic rings. The Morgan fingerprint density at radius 3 is 2.73 bits per heavy atom. The van der Waals surface area contributed by atoms with E-state index in [2.05, 4.69) is 9.94 Å². The van der Waals surface area contributed by atoms with Crippen molar-refractivity contribution in [2.45, 2.75) is 13.5 Å². The Morgan fingerprint density at radius 1 is 1.73 bits per heavy atom. The highest BCUT2D eigenvalue weighted by Gasteiger charge is 2.12. The summed E-state index contributed by atoms with van der Waals surface area (Å²) in [5, 5.41) is 4.64. The summed E-state index contributed by atoms with van der Waals surface area (Å²) >= 11 is 5.85. The molecule has 0 aliphatic carbocycles. The first-order valence-electron chi connectivity index (χ1n) is 3.18. The van der Waals surface area contributed by atoms with Gasteiger partial charge in [0, 0.05) is 7.05 Å². The second-order valence-electron chi connectivity index (χ2n) is 2.29. The van der Waals surface area contributed by atoms with E-state index < -0.39 is 0 Å². The zero-order valence-electron chi connectivity index (χ0n) is 6.43. The smallest absolute Gasteiger partial charge is 0.244 e. The van der Waals surface area contributed by atoms with Crippen LogP contribution in [0.1, 0.15) is 11.3 Å². The first-order chi connectivity index (χ1) is 5.16. The summed E-state index contributed by atoms with van der Waals surface area (Å²) in [6, 6.07) is 0. The van der Waals surface area contributed by atoms with Gasteiger partial charge in [0.2, 0.25) is 6.54 Å². The SMILES string of the molecule is [C-]#[N+]Cc1c(C)nn(C)c1Cl. The van der Waals surface area contributed by atoms with Crippen LogP contribution in [-0.2, 0) is 13.6 Å². The molecule has 0 unspecified atom stereocenters. The van der Waals surface area contributed by atoms with Crippen molar-refractivity contribution in [3.05, 3.63) is 27.8 Å². The van der Waals surface area contributed by atoms with Crippen LogP contribution in [0.25, 0.3) is 4.85 Å². The molecule has 0 N–H and O–H groups in total. The Hall–Kier alpha value is -1.01. The van der Waals surface area contributed by atoms with Gasteiger partial charge in [-0.05, 0) is 6.92 Å². The third kappa shape index (κ3) is 1.36. The third-order valence-corrected chi connectivity index (χ3v) is 1.98. The van der Waals surface area contributed by atoms with Crippen molar-refractivity contribution >= 4 is 11.6 Å². The van der Waals surface area contributed by atoms with Crippen LogP contribution in [-0.4, -0.2) is 9.78 Å². The highest BCUT2D eigenvalue weighted by atomic mass is 35.5. The molecule has 0 amide bonds. The van der Waals surface area contributed by atoms with Gasteiger partial charge in [-0.15, -0.1) is 0 Å². The van der Waals surface area contributed by atoms with Gasteiger partial charge in [-0.2, -0.15) is 5.10 Å². The number of hydrogen-bond donors (Lipinski definition) is 0. The summed E-state index contributed by atoms with van der Waals surface area (Å²) < 4.78 is 1.58. The fraction of sp³-hybridized carbons (Fsp3) is 0.429. The average Bonchev–Trinajstić information content (AvgIpc) is 2.17. The predicted molar refractivity (Wildman–Crippen MR) is 43.3 cm³/mol. The summed E-state index contributed by atoms with van der Waals surface area (Å²) in [6.45, 7) is 8.84. The van der Waals surface area contributed by atoms with E-state index in [0.717, 1.165) is 11.3 Å². The van der Waals surface area contributed by atoms with Gasteiger partial charge in [-0.1, -0.05) is 11.6 Å². The molecule has 1 aromatic rings. The predicted octanol–water partition coefficient (Wildman–Crippen LogP) is 1.80. The van der Waals surface area contributed by atoms with E-state index in [9.17, 15) is 0 Å². The van der Waals surface area contributed by atoms with Crippen molar-refractivity contribution < 1.29 is 0 Å². The first kappa shape index (κ1) is 8.09. The highest BCUT2D eigenvalue weighted by Crippen LogP contribution is 2.18. The second-order valence-corrected chi connectivity index (χ2v) is 2.65. The minimum atomic E-state index is 0.318. The fourth-order valence-corrected chi connectivity index (χ4v) is 1.17. The molecular formula is C7H8ClN3. The van der Waals surface area contributed by atoms with Crippen LogP contribution in [0, 0.1) is 13.5 Å². The zero-order valence-corrected chi connectivity index (χ0v) is 7.18. The number of aryl methyl sites for hydroxylation is 2. The molecule has 58 valence electrons. The molecular weight excluding hydrogens is 162 g/mol. The average molecular weight is 170 g/mol. The molecule has 11 heavy (non-hydrogen) atoms. The lowest BCUT2D eigenvalue weighted by Crippen LogP contribution is -1.89. The molecule has 0 aromatic carbocycles. The van der Waals surface area contributed by atoms with Gasteiger partial charge in [0.15, 0.2) is 0 Å². The molecule has 3 nitrogen and oxygen atoms in total. The molecule has 0 fully saturated rings. The normalized spacial score (nSPS) is 9.64. The molecule has 0 radical (unpaired) electrons. The van der Waals surface area contributed by atoms with Crippen molar-refractivity contribution in [1.29, 1.82) is 0 Å². The molecule has 1 heterocycles. The van der Waals surface area contributed by atoms with Crippen LogP contribution >= 0.6 is 11.6 Å². The quantitative estimate of drug-likeness (QED) is 0.588. The molecule has 0 saturated carbocycles. The van der Waals surface area contributed by atoms with Crippen LogP contribution < -0.4 is 0 Å². The van der Waals surface area contributed by atoms with Gasteiger partial charge in [0.25, 0.3) is 0 Å². The lowest BCUT2D eigenvalue weighted by atomic mass is 10.3. The van der Waals surface area contributed by atoms with Crippen molar-refractivity contribution in [3.63, 3.8) is 0 Å². The molecule has 0 atom stereocenters. The van der Waals surface area contributed by atoms with Gasteiger partial charge in [0.1, 0.15) is 5.15 Å². The zero-order chi connectivity index (χ0) is 8.43. The maximum Gasteiger partial charge on any atom is 0.244 e. The van der Waals surface area contributed by atoms with E-state index >= 15 is 0 Å². The summed E-state index contributed by atoms with van der Waals surface area (Å²) in [6.07, 6.45) is 0. The number of hydrogen-bond acceptors (Lipinski definition) is 1. The largest absolute Gasteiger partial charge is 0.312 e. The minimum absolute atomic E-state index is 0.318. The monoisotopic (exact) mass is 169 g/mol. The second kappa shape index (κ2) is 2.93. The van der Waals surface area contributed by atoms with Crippen molar-refractivity contribution in [3.8, 4) is 0 Å². The summed E-state index contributed by atoms with van der Waals surface area (Å²) in [5.41, 5.74) is 1.68. The highest BCUT2D eigenvalue weighted by molar-refractivity contribution is 6.30. The van der Waals surface area contributed by atoms with Crippen molar-refractivity contribution in [1.82, 2.24) is 9.78 Å². The van der Waals surface area contributed by atoms with Gasteiger partial charge in [0.05, 0.1) is 11.3 Å². The van der Waals surface area contributed by atoms with E-state index in [-0.39, 0.29) is 0 Å². The Labute approximate surface area is 70.4 Å². The number of aromatic nitrogens is 2. The van der Waals surface area contributed by atoms with Crippen molar-refractivity contribution in [2.24, 2.45) is 7.05 Å². The van der Waals surface area contributed by atoms with Crippen LogP contribution in [0.4, 0.5) is 0 Å². The Balaban J connectivity index is 3.14. The third-order valence-electron chi connectivity index (χ3n) is 1.51. The molecule has 0 spiro atoms. The van der Waals surface area contributed by atoms with Crippen molar-refractivity contribution in [2.75, 3.05) is 0 Å². The number of nitrogens with zero attached hydrogens (tertiary/aromatic N) is 3. The maximum atomic E-state index is 6.67. The first-order valence-corrected chi connectivity index (χ1v) is 3.55. The van der Waals surface area contributed by atoms with Gasteiger partial charge in [-0.25, -0.2) is 6.57 Å². The van der Waals surface area contributed by atoms with E-state index in [1.54, 1.807) is 11.7 Å². The Kier molecular flexibility index (Phi) is 2.16. The molecule has 0 aliphatic heterocycles. The standard InChI is InChI=1S/C7H8ClN3/c1-5-6(4-9-2)7(8)11(3)10-5/h4H2,1,3H3. The Morgan fingerprint density at radius 2 is 2.36 bits per heavy atom. The molecule has 0 bridgehead atoms. The summed E-state index contributed by atoms with van der Waals surface area (Å²) in [4.78, 5) is 3.25. The molecule has 1 rings (SSSR count). The number of rotatable bonds is 1. The number of halogens is 1. The molecule has 0 saturated heterocycles. The van der Waals surface area contributed by atoms with E-state index in [1.165, 1.54) is 0 Å². The van der Waals surface area contributed by atoms with E-state index in [0.29, 0.717) is 11.7 Å². The van der Waals surface area contributed by atoms with Crippen LogP contribution in [0.2, 0.25) is 5.15 Å². The summed E-state index contributed by atoms with van der Waals surface area (Å²) in [7, 11) is 1.77. The molecule has 1 aromatic heterocycles. The van der Waals surface area contributed by atoms with Gasteiger partial charge >= 0.3 is 0 Å². The van der Waals surface area contributed by atoms with E-state index in [1.807, 2.05) is 6.92 Å². The van der Waals surface area contributed by atoms with Gasteiger partial charge < -0.3 is 4.85 Å². The van der Waals surface area contributed by atoms with E-state index in [4.69, 9.17) is 18.2 Å². The molecule has 4 heteroatoms. The van der Waals surface area contributed by atoms with Crippen LogP contribution in [0.3, 0.4) is 0 Å². The minimum Gasteiger partial charge on any atom is -0.312 e. The van der Waals surface area contributed by atoms with Gasteiger partial charge in [-0.3, -0.25) is 4.68 Å². The maximum absolute atomic E-state index is 6.67. The van der Waals surface area contributed by atoms with Crippen LogP contribution in [0.15, 0.2) is 0 Å².